The molecule has 0 fully saturated rings. The summed E-state index contributed by atoms with van der Waals surface area (Å²) in [5.41, 5.74) is 3.26. The first-order chi connectivity index (χ1) is 18.2. The van der Waals surface area contributed by atoms with Gasteiger partial charge < -0.3 is 15.6 Å². The molecule has 38 heavy (non-hydrogen) atoms. The molecule has 2 amide bonds. The van der Waals surface area contributed by atoms with Crippen LogP contribution in [0.2, 0.25) is 5.02 Å². The monoisotopic (exact) mass is 550 g/mol. The summed E-state index contributed by atoms with van der Waals surface area (Å²) >= 11 is 6.01. The third kappa shape index (κ3) is 5.38. The number of H-pyrrole nitrogens is 1. The van der Waals surface area contributed by atoms with Crippen molar-refractivity contribution in [2.75, 3.05) is 11.9 Å². The van der Waals surface area contributed by atoms with Crippen LogP contribution in [0, 0.1) is 6.92 Å². The number of hydrogen-bond donors (Lipinski definition) is 3. The number of amides is 2. The Morgan fingerprint density at radius 1 is 1.18 bits per heavy atom. The number of benzene rings is 2. The molecule has 3 N–H and O–H groups in total. The second-order valence-corrected chi connectivity index (χ2v) is 11.2. The number of anilines is 1. The molecule has 194 valence electrons. The smallest absolute Gasteiger partial charge is 0.256 e. The fourth-order valence-corrected chi connectivity index (χ4v) is 5.79. The van der Waals surface area contributed by atoms with E-state index in [9.17, 15) is 18.0 Å². The molecule has 0 atom stereocenters. The minimum absolute atomic E-state index is 0.0763. The topological polar surface area (TPSA) is 139 Å². The molecule has 3 heterocycles. The number of rotatable bonds is 8. The summed E-state index contributed by atoms with van der Waals surface area (Å²) in [6, 6.07) is 12.9. The van der Waals surface area contributed by atoms with Crippen molar-refractivity contribution in [2.45, 2.75) is 24.1 Å². The largest absolute Gasteiger partial charge is 0.358 e. The van der Waals surface area contributed by atoms with Gasteiger partial charge in [-0.1, -0.05) is 28.9 Å². The third-order valence-corrected chi connectivity index (χ3v) is 7.91. The van der Waals surface area contributed by atoms with Gasteiger partial charge in [0.1, 0.15) is 0 Å². The Bertz CT molecular complexity index is 1680. The summed E-state index contributed by atoms with van der Waals surface area (Å²) in [7, 11) is -3.72. The minimum atomic E-state index is -3.72. The molecule has 5 rings (SSSR count). The molecule has 2 aromatic heterocycles. The van der Waals surface area contributed by atoms with Crippen LogP contribution in [-0.2, 0) is 26.9 Å². The van der Waals surface area contributed by atoms with Crippen LogP contribution in [0.3, 0.4) is 0 Å². The van der Waals surface area contributed by atoms with Crippen LogP contribution in [0.15, 0.2) is 65.8 Å². The van der Waals surface area contributed by atoms with Gasteiger partial charge in [0, 0.05) is 34.7 Å². The Morgan fingerprint density at radius 3 is 2.79 bits per heavy atom. The van der Waals surface area contributed by atoms with Gasteiger partial charge >= 0.3 is 0 Å². The van der Waals surface area contributed by atoms with E-state index in [1.807, 2.05) is 0 Å². The standard InChI is InChI=1S/C26H23ClN6O4S/c1-16-11-22(25(34)28-7-9-33-10-8-29-32-33)24(30-16)14-21-20-13-19(5-6-23(20)31-26(21)35)38(36,37)15-17-3-2-4-18(27)12-17/h2-6,8,10-14,30H,7,9,15H2,1H3,(H,28,34)(H,31,35)/b21-14-. The average molecular weight is 551 g/mol. The number of sulfone groups is 1. The van der Waals surface area contributed by atoms with Crippen LogP contribution < -0.4 is 10.6 Å². The van der Waals surface area contributed by atoms with Crippen LogP contribution in [0.1, 0.15) is 32.9 Å². The number of halogens is 1. The van der Waals surface area contributed by atoms with Crippen molar-refractivity contribution in [1.29, 1.82) is 0 Å². The summed E-state index contributed by atoms with van der Waals surface area (Å²) < 4.78 is 27.9. The van der Waals surface area contributed by atoms with E-state index in [0.717, 1.165) is 5.69 Å². The van der Waals surface area contributed by atoms with Crippen LogP contribution in [-0.4, -0.2) is 46.8 Å². The molecular formula is C26H23ClN6O4S. The lowest BCUT2D eigenvalue weighted by Crippen LogP contribution is -2.27. The summed E-state index contributed by atoms with van der Waals surface area (Å²) in [6.45, 7) is 2.59. The van der Waals surface area contributed by atoms with Gasteiger partial charge in [-0.3, -0.25) is 14.3 Å². The van der Waals surface area contributed by atoms with Gasteiger partial charge in [-0.05, 0) is 55.0 Å². The number of aryl methyl sites for hydroxylation is 1. The predicted molar refractivity (Wildman–Crippen MR) is 143 cm³/mol. The first-order valence-electron chi connectivity index (χ1n) is 11.7. The van der Waals surface area contributed by atoms with E-state index in [4.69, 9.17) is 11.6 Å². The molecule has 10 nitrogen and oxygen atoms in total. The molecule has 1 aliphatic rings. The van der Waals surface area contributed by atoms with Crippen molar-refractivity contribution in [1.82, 2.24) is 25.3 Å². The van der Waals surface area contributed by atoms with E-state index in [1.165, 1.54) is 12.1 Å². The molecule has 0 spiro atoms. The highest BCUT2D eigenvalue weighted by Gasteiger charge is 2.28. The summed E-state index contributed by atoms with van der Waals surface area (Å²) in [6.07, 6.45) is 4.82. The molecule has 0 saturated carbocycles. The fraction of sp³-hybridized carbons (Fsp3) is 0.154. The van der Waals surface area contributed by atoms with Crippen molar-refractivity contribution >= 4 is 50.6 Å². The molecule has 12 heteroatoms. The molecule has 0 unspecified atom stereocenters. The molecule has 0 saturated heterocycles. The van der Waals surface area contributed by atoms with Crippen LogP contribution >= 0.6 is 11.6 Å². The SMILES string of the molecule is Cc1cc(C(=O)NCCn2ccnn2)c(/C=C2\C(=O)Nc3ccc(S(=O)(=O)Cc4cccc(Cl)c4)cc32)[nH]1. The van der Waals surface area contributed by atoms with E-state index in [2.05, 4.69) is 25.9 Å². The molecule has 0 radical (unpaired) electrons. The number of nitrogens with zero attached hydrogens (tertiary/aromatic N) is 3. The molecule has 2 aromatic carbocycles. The maximum absolute atomic E-state index is 13.2. The highest BCUT2D eigenvalue weighted by atomic mass is 35.5. The van der Waals surface area contributed by atoms with E-state index in [0.29, 0.717) is 46.2 Å². The summed E-state index contributed by atoms with van der Waals surface area (Å²) in [4.78, 5) is 28.9. The lowest BCUT2D eigenvalue weighted by molar-refractivity contribution is -0.110. The minimum Gasteiger partial charge on any atom is -0.358 e. The van der Waals surface area contributed by atoms with Crippen molar-refractivity contribution in [3.8, 4) is 0 Å². The maximum Gasteiger partial charge on any atom is 0.256 e. The third-order valence-electron chi connectivity index (χ3n) is 5.99. The summed E-state index contributed by atoms with van der Waals surface area (Å²) in [5, 5.41) is 13.6. The zero-order valence-corrected chi connectivity index (χ0v) is 21.8. The quantitative estimate of drug-likeness (QED) is 0.287. The molecular weight excluding hydrogens is 528 g/mol. The normalized spacial score (nSPS) is 13.9. The highest BCUT2D eigenvalue weighted by Crippen LogP contribution is 2.36. The van der Waals surface area contributed by atoms with Gasteiger partial charge in [0.25, 0.3) is 11.8 Å². The molecule has 0 bridgehead atoms. The van der Waals surface area contributed by atoms with Gasteiger partial charge in [-0.15, -0.1) is 5.10 Å². The van der Waals surface area contributed by atoms with E-state index in [-0.39, 0.29) is 22.1 Å². The van der Waals surface area contributed by atoms with Crippen molar-refractivity contribution < 1.29 is 18.0 Å². The Morgan fingerprint density at radius 2 is 2.03 bits per heavy atom. The van der Waals surface area contributed by atoms with Crippen LogP contribution in [0.5, 0.6) is 0 Å². The number of aromatic nitrogens is 4. The Hall–Kier alpha value is -4.22. The van der Waals surface area contributed by atoms with Gasteiger partial charge in [-0.25, -0.2) is 8.42 Å². The lowest BCUT2D eigenvalue weighted by atomic mass is 10.0. The Labute approximate surface area is 223 Å². The van der Waals surface area contributed by atoms with E-state index in [1.54, 1.807) is 66.5 Å². The Balaban J connectivity index is 1.42. The number of carbonyl (C=O) groups excluding carboxylic acids is 2. The zero-order valence-electron chi connectivity index (χ0n) is 20.2. The van der Waals surface area contributed by atoms with Gasteiger partial charge in [0.15, 0.2) is 9.84 Å². The highest BCUT2D eigenvalue weighted by molar-refractivity contribution is 7.90. The number of aromatic amines is 1. The predicted octanol–water partition coefficient (Wildman–Crippen LogP) is 3.46. The number of hydrogen-bond acceptors (Lipinski definition) is 6. The fourth-order valence-electron chi connectivity index (χ4n) is 4.22. The van der Waals surface area contributed by atoms with Crippen LogP contribution in [0.4, 0.5) is 5.69 Å². The molecule has 1 aliphatic heterocycles. The molecule has 0 aliphatic carbocycles. The van der Waals surface area contributed by atoms with Crippen LogP contribution in [0.25, 0.3) is 11.6 Å². The molecule has 4 aromatic rings. The van der Waals surface area contributed by atoms with E-state index < -0.39 is 15.7 Å². The number of nitrogens with one attached hydrogen (secondary N) is 3. The second-order valence-electron chi connectivity index (χ2n) is 8.81. The number of carbonyl (C=O) groups is 2. The first kappa shape index (κ1) is 25.4. The maximum atomic E-state index is 13.2. The summed E-state index contributed by atoms with van der Waals surface area (Å²) in [5.74, 6) is -0.950. The zero-order chi connectivity index (χ0) is 26.9. The van der Waals surface area contributed by atoms with E-state index >= 15 is 0 Å². The number of fused-ring (bicyclic) bond motifs is 1. The average Bonchev–Trinajstić information content (AvgIpc) is 3.58. The first-order valence-corrected chi connectivity index (χ1v) is 13.7. The lowest BCUT2D eigenvalue weighted by Gasteiger charge is -2.08. The van der Waals surface area contributed by atoms with Gasteiger partial charge in [0.2, 0.25) is 0 Å². The van der Waals surface area contributed by atoms with Gasteiger partial charge in [0.05, 0.1) is 40.2 Å². The van der Waals surface area contributed by atoms with Crippen molar-refractivity contribution in [3.63, 3.8) is 0 Å². The Kier molecular flexibility index (Phi) is 6.87. The van der Waals surface area contributed by atoms with Crippen molar-refractivity contribution in [3.05, 3.63) is 94.0 Å². The van der Waals surface area contributed by atoms with Crippen molar-refractivity contribution in [2.24, 2.45) is 0 Å². The van der Waals surface area contributed by atoms with Gasteiger partial charge in [-0.2, -0.15) is 0 Å². The second kappa shape index (κ2) is 10.3.